The number of fused-ring (bicyclic) bond motifs is 16. The minimum atomic E-state index is -1.49. The molecule has 0 aromatic carbocycles. The quantitative estimate of drug-likeness (QED) is 0.197. The van der Waals surface area contributed by atoms with Crippen LogP contribution in [0.15, 0.2) is 23.3 Å². The molecule has 5 heterocycles. The fourth-order valence-corrected chi connectivity index (χ4v) is 19.4. The van der Waals surface area contributed by atoms with E-state index in [0.717, 1.165) is 92.6 Å². The molecule has 1 aromatic heterocycles. The molecule has 4 aliphatic heterocycles. The summed E-state index contributed by atoms with van der Waals surface area (Å²) in [4.78, 5) is 11.2. The molecule has 8 fully saturated rings. The summed E-state index contributed by atoms with van der Waals surface area (Å²) in [6.07, 6.45) is 11.0. The number of ether oxygens (including phenoxy) is 4. The Morgan fingerprint density at radius 1 is 0.621 bits per heavy atom. The van der Waals surface area contributed by atoms with Gasteiger partial charge in [0.15, 0.2) is 5.79 Å². The van der Waals surface area contributed by atoms with Gasteiger partial charge >= 0.3 is 0 Å². The van der Waals surface area contributed by atoms with Crippen LogP contribution in [0.1, 0.15) is 143 Å². The number of hydrogen-bond acceptors (Lipinski definition) is 12. The Balaban J connectivity index is 0.773. The van der Waals surface area contributed by atoms with Crippen LogP contribution in [-0.4, -0.2) is 112 Å². The number of aromatic nitrogens is 2. The minimum Gasteiger partial charge on any atom is -0.393 e. The van der Waals surface area contributed by atoms with E-state index >= 15 is 0 Å². The zero-order chi connectivity index (χ0) is 46.5. The number of aliphatic hydroxyl groups excluding tert-OH is 4. The smallest absolute Gasteiger partial charge is 0.201 e. The van der Waals surface area contributed by atoms with E-state index < -0.39 is 75.6 Å². The Kier molecular flexibility index (Phi) is 8.67. The first-order valence-corrected chi connectivity index (χ1v) is 26.1. The van der Waals surface area contributed by atoms with Gasteiger partial charge in [-0.2, -0.15) is 0 Å². The fourth-order valence-electron chi connectivity index (χ4n) is 19.4. The molecule has 22 unspecified atom stereocenters. The van der Waals surface area contributed by atoms with Crippen molar-refractivity contribution in [3.63, 3.8) is 0 Å². The molecule has 13 rings (SSSR count). The van der Waals surface area contributed by atoms with Crippen LogP contribution < -0.4 is 0 Å². The molecule has 6 N–H and O–H groups in total. The van der Waals surface area contributed by atoms with Gasteiger partial charge in [0, 0.05) is 35.5 Å². The van der Waals surface area contributed by atoms with E-state index in [1.54, 1.807) is 6.92 Å². The highest BCUT2D eigenvalue weighted by Crippen LogP contribution is 2.73. The lowest BCUT2D eigenvalue weighted by Crippen LogP contribution is -2.65. The first-order chi connectivity index (χ1) is 30.9. The summed E-state index contributed by atoms with van der Waals surface area (Å²) in [5, 5.41) is 72.3. The van der Waals surface area contributed by atoms with Crippen molar-refractivity contribution >= 4 is 0 Å². The standard InChI is InChI=1S/C54H76N2O10/c1-26-51(15-14-45(3,4)65-51)63-43-20-34-30-12-10-28-16-36-38(22-47(28,6)32(30)18-40(58)49(34,8)52(26,43)61)55-37-17-29-11-13-31-33(48(29,7)23-39(37)56-36)19-41(59)50(9)35(31)21-44-53(50,62)27(2)54(64-44)42(60)24-46(5,25-57)66-54/h20-21,26-33,40-44,57-62H,10-19,22-25H2,1-9H3. The van der Waals surface area contributed by atoms with E-state index in [0.29, 0.717) is 24.7 Å². The first kappa shape index (κ1) is 44.1. The second kappa shape index (κ2) is 13.0. The Labute approximate surface area is 390 Å². The zero-order valence-electron chi connectivity index (χ0n) is 40.8. The summed E-state index contributed by atoms with van der Waals surface area (Å²) in [6.45, 7) is 18.7. The van der Waals surface area contributed by atoms with Gasteiger partial charge in [-0.25, -0.2) is 0 Å². The molecule has 12 nitrogen and oxygen atoms in total. The van der Waals surface area contributed by atoms with E-state index in [-0.39, 0.29) is 59.0 Å². The Hall–Kier alpha value is -1.84. The van der Waals surface area contributed by atoms with Gasteiger partial charge in [-0.1, -0.05) is 64.8 Å². The molecule has 0 radical (unpaired) electrons. The van der Waals surface area contributed by atoms with Crippen molar-refractivity contribution in [1.29, 1.82) is 0 Å². The molecule has 2 spiro atoms. The molecule has 362 valence electrons. The highest BCUT2D eigenvalue weighted by molar-refractivity contribution is 5.45. The average Bonchev–Trinajstić information content (AvgIpc) is 3.98. The summed E-state index contributed by atoms with van der Waals surface area (Å²) in [6, 6.07) is 0. The van der Waals surface area contributed by atoms with Crippen LogP contribution in [0.3, 0.4) is 0 Å². The van der Waals surface area contributed by atoms with E-state index in [1.807, 2.05) is 13.8 Å². The van der Waals surface area contributed by atoms with Gasteiger partial charge in [-0.15, -0.1) is 0 Å². The molecule has 8 aliphatic carbocycles. The van der Waals surface area contributed by atoms with Gasteiger partial charge in [0.2, 0.25) is 5.79 Å². The van der Waals surface area contributed by atoms with Crippen LogP contribution in [0.5, 0.6) is 0 Å². The SMILES string of the molecule is CC1C2(CCC(C)(C)O2)OC2C=C3C4CCC5Cc6nc7c(nc6CC5(C)C4CC(O)C3(C)C21O)CC1CCC2C3=CC4OC5(OC(C)(CO)CC5O)C(C)C4(O)C3(C)C(O)CC2C1(C)C7. The summed E-state index contributed by atoms with van der Waals surface area (Å²) in [5.74, 6) is -1.58. The third-order valence-electron chi connectivity index (χ3n) is 23.4. The van der Waals surface area contributed by atoms with Crippen LogP contribution in [0, 0.1) is 69.0 Å². The topological polar surface area (TPSA) is 184 Å². The lowest BCUT2D eigenvalue weighted by molar-refractivity contribution is -0.280. The second-order valence-corrected chi connectivity index (χ2v) is 26.4. The molecular weight excluding hydrogens is 837 g/mol. The van der Waals surface area contributed by atoms with Crippen molar-refractivity contribution in [2.45, 2.75) is 210 Å². The highest BCUT2D eigenvalue weighted by Gasteiger charge is 2.80. The number of hydrogen-bond donors (Lipinski definition) is 6. The number of aliphatic hydroxyl groups is 6. The van der Waals surface area contributed by atoms with Crippen molar-refractivity contribution in [2.75, 3.05) is 6.61 Å². The van der Waals surface area contributed by atoms with Crippen LogP contribution in [0.25, 0.3) is 0 Å². The van der Waals surface area contributed by atoms with Crippen molar-refractivity contribution in [2.24, 2.45) is 69.0 Å². The molecule has 0 bridgehead atoms. The van der Waals surface area contributed by atoms with E-state index in [4.69, 9.17) is 28.9 Å². The Morgan fingerprint density at radius 3 is 1.59 bits per heavy atom. The Bertz CT molecular complexity index is 2370. The zero-order valence-corrected chi connectivity index (χ0v) is 40.8. The molecule has 4 saturated heterocycles. The van der Waals surface area contributed by atoms with Crippen molar-refractivity contribution < 1.29 is 49.6 Å². The lowest BCUT2D eigenvalue weighted by Gasteiger charge is -2.62. The molecule has 12 aliphatic rings. The molecular formula is C54H76N2O10. The van der Waals surface area contributed by atoms with Crippen LogP contribution in [0.4, 0.5) is 0 Å². The monoisotopic (exact) mass is 913 g/mol. The third kappa shape index (κ3) is 4.84. The Morgan fingerprint density at radius 2 is 1.12 bits per heavy atom. The van der Waals surface area contributed by atoms with Gasteiger partial charge in [-0.3, -0.25) is 9.97 Å². The van der Waals surface area contributed by atoms with Gasteiger partial charge in [0.25, 0.3) is 0 Å². The minimum absolute atomic E-state index is 0.0700. The average molecular weight is 913 g/mol. The maximum Gasteiger partial charge on any atom is 0.201 e. The van der Waals surface area contributed by atoms with Crippen LogP contribution in [-0.2, 0) is 44.6 Å². The van der Waals surface area contributed by atoms with E-state index in [1.165, 1.54) is 5.57 Å². The van der Waals surface area contributed by atoms with Gasteiger partial charge in [0.05, 0.1) is 52.8 Å². The van der Waals surface area contributed by atoms with Crippen LogP contribution >= 0.6 is 0 Å². The highest BCUT2D eigenvalue weighted by atomic mass is 16.7. The van der Waals surface area contributed by atoms with Crippen LogP contribution in [0.2, 0.25) is 0 Å². The van der Waals surface area contributed by atoms with Gasteiger partial charge in [0.1, 0.15) is 29.5 Å². The summed E-state index contributed by atoms with van der Waals surface area (Å²) in [7, 11) is 0. The molecule has 12 heteroatoms. The van der Waals surface area contributed by atoms with E-state index in [2.05, 4.69) is 53.7 Å². The van der Waals surface area contributed by atoms with Crippen molar-refractivity contribution in [1.82, 2.24) is 9.97 Å². The largest absolute Gasteiger partial charge is 0.393 e. The molecule has 0 amide bonds. The summed E-state index contributed by atoms with van der Waals surface area (Å²) >= 11 is 0. The normalized spacial score (nSPS) is 58.9. The maximum atomic E-state index is 12.9. The van der Waals surface area contributed by atoms with Crippen molar-refractivity contribution in [3.05, 3.63) is 46.1 Å². The molecule has 4 saturated carbocycles. The number of rotatable bonds is 1. The first-order valence-electron chi connectivity index (χ1n) is 26.1. The lowest BCUT2D eigenvalue weighted by atomic mass is 9.44. The second-order valence-electron chi connectivity index (χ2n) is 26.4. The predicted octanol–water partition coefficient (Wildman–Crippen LogP) is 5.44. The van der Waals surface area contributed by atoms with Crippen molar-refractivity contribution in [3.8, 4) is 0 Å². The summed E-state index contributed by atoms with van der Waals surface area (Å²) in [5.41, 5.74) is 0.773. The fraction of sp³-hybridized carbons (Fsp3) is 0.852. The number of nitrogens with zero attached hydrogens (tertiary/aromatic N) is 2. The van der Waals surface area contributed by atoms with E-state index in [9.17, 15) is 30.6 Å². The van der Waals surface area contributed by atoms with Gasteiger partial charge < -0.3 is 49.6 Å². The summed E-state index contributed by atoms with van der Waals surface area (Å²) < 4.78 is 26.5. The molecule has 1 aromatic rings. The third-order valence-corrected chi connectivity index (χ3v) is 23.4. The van der Waals surface area contributed by atoms with Gasteiger partial charge in [-0.05, 0) is 138 Å². The predicted molar refractivity (Wildman–Crippen MR) is 241 cm³/mol. The molecule has 22 atom stereocenters. The maximum absolute atomic E-state index is 12.9. The molecule has 66 heavy (non-hydrogen) atoms.